The zero-order chi connectivity index (χ0) is 13.8. The van der Waals surface area contributed by atoms with Crippen LogP contribution in [0.5, 0.6) is 5.75 Å². The van der Waals surface area contributed by atoms with Crippen LogP contribution in [0.3, 0.4) is 0 Å². The van der Waals surface area contributed by atoms with E-state index in [0.29, 0.717) is 22.7 Å². The largest absolute Gasteiger partial charge is 0.496 e. The molecule has 0 radical (unpaired) electrons. The van der Waals surface area contributed by atoms with Gasteiger partial charge in [0, 0.05) is 18.2 Å². The second-order valence-corrected chi connectivity index (χ2v) is 3.80. The molecular weight excluding hydrogens is 246 g/mol. The Labute approximate surface area is 109 Å². The third-order valence-corrected chi connectivity index (χ3v) is 2.37. The highest BCUT2D eigenvalue weighted by atomic mass is 16.5. The Morgan fingerprint density at radius 1 is 1.42 bits per heavy atom. The van der Waals surface area contributed by atoms with Gasteiger partial charge in [-0.3, -0.25) is 4.79 Å². The fraction of sp³-hybridized carbons (Fsp3) is 0.167. The maximum absolute atomic E-state index is 11.1. The number of aromatic nitrogens is 3. The lowest BCUT2D eigenvalue weighted by molar-refractivity contribution is -0.114. The molecule has 2 aromatic rings. The van der Waals surface area contributed by atoms with Crippen molar-refractivity contribution in [2.75, 3.05) is 18.2 Å². The number of rotatable bonds is 3. The maximum atomic E-state index is 11.1. The van der Waals surface area contributed by atoms with Crippen LogP contribution >= 0.6 is 0 Å². The number of ether oxygens (including phenoxy) is 1. The van der Waals surface area contributed by atoms with Gasteiger partial charge in [-0.2, -0.15) is 5.10 Å². The van der Waals surface area contributed by atoms with Crippen LogP contribution < -0.4 is 15.8 Å². The Balaban J connectivity index is 2.49. The molecule has 0 aliphatic heterocycles. The van der Waals surface area contributed by atoms with Crippen molar-refractivity contribution in [3.63, 3.8) is 0 Å². The van der Waals surface area contributed by atoms with Gasteiger partial charge in [-0.05, 0) is 18.2 Å². The van der Waals surface area contributed by atoms with Crippen molar-refractivity contribution in [2.24, 2.45) is 0 Å². The Morgan fingerprint density at radius 2 is 2.21 bits per heavy atom. The zero-order valence-corrected chi connectivity index (χ0v) is 10.5. The third kappa shape index (κ3) is 2.95. The van der Waals surface area contributed by atoms with Crippen molar-refractivity contribution >= 4 is 17.5 Å². The minimum atomic E-state index is -0.156. The van der Waals surface area contributed by atoms with E-state index in [2.05, 4.69) is 20.5 Å². The molecule has 0 saturated heterocycles. The molecule has 0 atom stereocenters. The summed E-state index contributed by atoms with van der Waals surface area (Å²) in [6.45, 7) is 1.44. The number of anilines is 2. The molecule has 98 valence electrons. The predicted octanol–water partition coefficient (Wildman–Crippen LogP) is 1.09. The molecule has 1 amide bonds. The standard InChI is InChI=1S/C12H13N5O2/c1-7(18)15-8-3-4-11(19-2)9(5-8)10-6-14-17-12(13)16-10/h3-6H,1-2H3,(H,15,18)(H2,13,16,17). The normalized spacial score (nSPS) is 10.0. The number of hydrogen-bond acceptors (Lipinski definition) is 6. The number of nitrogens with one attached hydrogen (secondary N) is 1. The highest BCUT2D eigenvalue weighted by molar-refractivity contribution is 5.90. The monoisotopic (exact) mass is 259 g/mol. The molecule has 1 aromatic carbocycles. The minimum absolute atomic E-state index is 0.0736. The van der Waals surface area contributed by atoms with Crippen LogP contribution in [-0.4, -0.2) is 28.2 Å². The molecule has 3 N–H and O–H groups in total. The fourth-order valence-electron chi connectivity index (χ4n) is 1.64. The van der Waals surface area contributed by atoms with Gasteiger partial charge in [-0.15, -0.1) is 5.10 Å². The SMILES string of the molecule is COc1ccc(NC(C)=O)cc1-c1cnnc(N)n1. The van der Waals surface area contributed by atoms with Crippen molar-refractivity contribution in [2.45, 2.75) is 6.92 Å². The molecule has 2 rings (SSSR count). The number of nitrogens with zero attached hydrogens (tertiary/aromatic N) is 3. The van der Waals surface area contributed by atoms with Crippen molar-refractivity contribution in [3.8, 4) is 17.0 Å². The summed E-state index contributed by atoms with van der Waals surface area (Å²) in [4.78, 5) is 15.2. The number of nitrogens with two attached hydrogens (primary N) is 1. The van der Waals surface area contributed by atoms with Crippen LogP contribution in [0.25, 0.3) is 11.3 Å². The Morgan fingerprint density at radius 3 is 2.84 bits per heavy atom. The summed E-state index contributed by atoms with van der Waals surface area (Å²) in [5, 5.41) is 10.0. The van der Waals surface area contributed by atoms with Gasteiger partial charge in [0.05, 0.1) is 19.0 Å². The van der Waals surface area contributed by atoms with Gasteiger partial charge in [0.1, 0.15) is 5.75 Å². The number of benzene rings is 1. The van der Waals surface area contributed by atoms with Gasteiger partial charge >= 0.3 is 0 Å². The molecule has 1 heterocycles. The molecule has 0 aliphatic carbocycles. The van der Waals surface area contributed by atoms with Crippen LogP contribution in [0, 0.1) is 0 Å². The van der Waals surface area contributed by atoms with E-state index in [1.54, 1.807) is 25.3 Å². The molecule has 0 fully saturated rings. The average molecular weight is 259 g/mol. The average Bonchev–Trinajstić information content (AvgIpc) is 2.38. The second kappa shape index (κ2) is 5.30. The second-order valence-electron chi connectivity index (χ2n) is 3.80. The van der Waals surface area contributed by atoms with Crippen molar-refractivity contribution < 1.29 is 9.53 Å². The number of methoxy groups -OCH3 is 1. The summed E-state index contributed by atoms with van der Waals surface area (Å²) < 4.78 is 5.26. The minimum Gasteiger partial charge on any atom is -0.496 e. The Hall–Kier alpha value is -2.70. The van der Waals surface area contributed by atoms with Crippen LogP contribution in [0.1, 0.15) is 6.92 Å². The van der Waals surface area contributed by atoms with Crippen LogP contribution in [0.2, 0.25) is 0 Å². The Bertz CT molecular complexity index is 615. The van der Waals surface area contributed by atoms with Crippen molar-refractivity contribution in [1.82, 2.24) is 15.2 Å². The molecular formula is C12H13N5O2. The van der Waals surface area contributed by atoms with Crippen LogP contribution in [0.15, 0.2) is 24.4 Å². The van der Waals surface area contributed by atoms with Gasteiger partial charge in [-0.1, -0.05) is 0 Å². The van der Waals surface area contributed by atoms with E-state index in [0.717, 1.165) is 0 Å². The number of hydrogen-bond donors (Lipinski definition) is 2. The lowest BCUT2D eigenvalue weighted by Crippen LogP contribution is -2.06. The van der Waals surface area contributed by atoms with Crippen molar-refractivity contribution in [1.29, 1.82) is 0 Å². The molecule has 1 aromatic heterocycles. The van der Waals surface area contributed by atoms with E-state index in [4.69, 9.17) is 10.5 Å². The molecule has 0 bridgehead atoms. The van der Waals surface area contributed by atoms with Gasteiger partial charge in [-0.25, -0.2) is 4.98 Å². The van der Waals surface area contributed by atoms with Crippen molar-refractivity contribution in [3.05, 3.63) is 24.4 Å². The number of amides is 1. The van der Waals surface area contributed by atoms with Crippen LogP contribution in [0.4, 0.5) is 11.6 Å². The first-order chi connectivity index (χ1) is 9.10. The van der Waals surface area contributed by atoms with Gasteiger partial charge in [0.15, 0.2) is 0 Å². The first kappa shape index (κ1) is 12.7. The summed E-state index contributed by atoms with van der Waals surface area (Å²) in [6, 6.07) is 5.21. The zero-order valence-electron chi connectivity index (χ0n) is 10.5. The lowest BCUT2D eigenvalue weighted by Gasteiger charge is -2.10. The summed E-state index contributed by atoms with van der Waals surface area (Å²) in [7, 11) is 1.55. The Kier molecular flexibility index (Phi) is 3.56. The maximum Gasteiger partial charge on any atom is 0.240 e. The van der Waals surface area contributed by atoms with Gasteiger partial charge in [0.2, 0.25) is 11.9 Å². The van der Waals surface area contributed by atoms with E-state index in [1.807, 2.05) is 0 Å². The molecule has 0 spiro atoms. The third-order valence-electron chi connectivity index (χ3n) is 2.37. The predicted molar refractivity (Wildman–Crippen MR) is 70.5 cm³/mol. The van der Waals surface area contributed by atoms with E-state index < -0.39 is 0 Å². The number of carbonyl (C=O) groups is 1. The number of carbonyl (C=O) groups excluding carboxylic acids is 1. The highest BCUT2D eigenvalue weighted by Gasteiger charge is 2.10. The van der Waals surface area contributed by atoms with Gasteiger partial charge in [0.25, 0.3) is 0 Å². The lowest BCUT2D eigenvalue weighted by atomic mass is 10.1. The summed E-state index contributed by atoms with van der Waals surface area (Å²) in [5.74, 6) is 0.523. The first-order valence-corrected chi connectivity index (χ1v) is 5.51. The molecule has 7 nitrogen and oxygen atoms in total. The summed E-state index contributed by atoms with van der Waals surface area (Å²) in [5.41, 5.74) is 7.35. The molecule has 7 heteroatoms. The quantitative estimate of drug-likeness (QED) is 0.855. The van der Waals surface area contributed by atoms with Crippen LogP contribution in [-0.2, 0) is 4.79 Å². The van der Waals surface area contributed by atoms with E-state index in [1.165, 1.54) is 13.1 Å². The fourth-order valence-corrected chi connectivity index (χ4v) is 1.64. The van der Waals surface area contributed by atoms with E-state index in [9.17, 15) is 4.79 Å². The number of nitrogen functional groups attached to an aromatic ring is 1. The molecule has 19 heavy (non-hydrogen) atoms. The van der Waals surface area contributed by atoms with E-state index >= 15 is 0 Å². The molecule has 0 unspecified atom stereocenters. The summed E-state index contributed by atoms with van der Waals surface area (Å²) >= 11 is 0. The van der Waals surface area contributed by atoms with Gasteiger partial charge < -0.3 is 15.8 Å². The molecule has 0 aliphatic rings. The summed E-state index contributed by atoms with van der Waals surface area (Å²) in [6.07, 6.45) is 1.48. The smallest absolute Gasteiger partial charge is 0.240 e. The topological polar surface area (TPSA) is 103 Å². The molecule has 0 saturated carbocycles. The highest BCUT2D eigenvalue weighted by Crippen LogP contribution is 2.31. The first-order valence-electron chi connectivity index (χ1n) is 5.51. The van der Waals surface area contributed by atoms with E-state index in [-0.39, 0.29) is 11.9 Å².